The molecule has 0 spiro atoms. The number of imide groups is 1. The number of carbonyl (C=O) groups excluding carboxylic acids is 2. The molecular weight excluding hydrogens is 384 g/mol. The van der Waals surface area contributed by atoms with Crippen LogP contribution in [0.4, 0.5) is 4.79 Å². The molecule has 30 heavy (non-hydrogen) atoms. The summed E-state index contributed by atoms with van der Waals surface area (Å²) in [5.41, 5.74) is -0.223. The number of aliphatic carboxylic acids is 1. The number of carboxylic acids is 1. The zero-order valence-electron chi connectivity index (χ0n) is 17.5. The Balaban J connectivity index is 1.64. The summed E-state index contributed by atoms with van der Waals surface area (Å²) in [5.74, 6) is -0.596. The molecule has 160 valence electrons. The highest BCUT2D eigenvalue weighted by molar-refractivity contribution is 6.09. The van der Waals surface area contributed by atoms with Crippen LogP contribution in [0.15, 0.2) is 54.3 Å². The Labute approximate surface area is 176 Å². The van der Waals surface area contributed by atoms with Gasteiger partial charge in [0.05, 0.1) is 18.6 Å². The molecule has 4 atom stereocenters. The van der Waals surface area contributed by atoms with Crippen molar-refractivity contribution in [3.8, 4) is 0 Å². The van der Waals surface area contributed by atoms with Gasteiger partial charge in [-0.05, 0) is 56.7 Å². The first-order valence-electron chi connectivity index (χ1n) is 10.1. The van der Waals surface area contributed by atoms with E-state index in [1.54, 1.807) is 21.0 Å². The second-order valence-electron chi connectivity index (χ2n) is 8.12. The lowest BCUT2D eigenvalue weighted by atomic mass is 9.68. The van der Waals surface area contributed by atoms with Crippen LogP contribution in [0.2, 0.25) is 0 Å². The van der Waals surface area contributed by atoms with Crippen LogP contribution in [0.1, 0.15) is 44.7 Å². The third-order valence-corrected chi connectivity index (χ3v) is 6.09. The number of hydrogen-bond acceptors (Lipinski definition) is 4. The van der Waals surface area contributed by atoms with E-state index in [0.29, 0.717) is 12.8 Å². The third-order valence-electron chi connectivity index (χ3n) is 6.09. The fraction of sp³-hybridized carbons (Fsp3) is 0.435. The van der Waals surface area contributed by atoms with Crippen LogP contribution in [0, 0.1) is 11.3 Å². The van der Waals surface area contributed by atoms with Gasteiger partial charge in [-0.15, -0.1) is 0 Å². The number of benzene rings is 1. The molecule has 2 aliphatic rings. The number of β-lactam (4-membered cyclic amide) rings is 1. The fourth-order valence-corrected chi connectivity index (χ4v) is 4.14. The first-order valence-corrected chi connectivity index (χ1v) is 10.1. The maximum Gasteiger partial charge on any atom is 0.328 e. The highest BCUT2D eigenvalue weighted by Crippen LogP contribution is 2.44. The molecule has 1 aliphatic heterocycles. The molecule has 0 bridgehead atoms. The van der Waals surface area contributed by atoms with Crippen molar-refractivity contribution in [3.63, 3.8) is 0 Å². The first kappa shape index (κ1) is 21.6. The lowest BCUT2D eigenvalue weighted by molar-refractivity contribution is -0.177. The zero-order valence-corrected chi connectivity index (χ0v) is 17.5. The molecule has 2 N–H and O–H groups in total. The van der Waals surface area contributed by atoms with Gasteiger partial charge in [0, 0.05) is 0 Å². The number of amides is 3. The van der Waals surface area contributed by atoms with E-state index >= 15 is 0 Å². The van der Waals surface area contributed by atoms with Crippen molar-refractivity contribution < 1.29 is 24.2 Å². The normalized spacial score (nSPS) is 26.4. The highest BCUT2D eigenvalue weighted by atomic mass is 16.5. The minimum atomic E-state index is -1.18. The number of rotatable bonds is 7. The topological polar surface area (TPSA) is 95.9 Å². The van der Waals surface area contributed by atoms with E-state index in [1.807, 2.05) is 48.6 Å². The Morgan fingerprint density at radius 3 is 2.60 bits per heavy atom. The van der Waals surface area contributed by atoms with Crippen LogP contribution in [-0.4, -0.2) is 41.1 Å². The second-order valence-corrected chi connectivity index (χ2v) is 8.12. The highest BCUT2D eigenvalue weighted by Gasteiger charge is 2.63. The molecule has 0 radical (unpaired) electrons. The maximum absolute atomic E-state index is 12.9. The molecule has 1 unspecified atom stereocenters. The molecule has 0 saturated carbocycles. The Morgan fingerprint density at radius 1 is 1.33 bits per heavy atom. The summed E-state index contributed by atoms with van der Waals surface area (Å²) < 4.78 is 5.18. The maximum atomic E-state index is 12.9. The number of urea groups is 1. The van der Waals surface area contributed by atoms with Crippen LogP contribution >= 0.6 is 0 Å². The number of hydrogen-bond donors (Lipinski definition) is 2. The van der Waals surface area contributed by atoms with Gasteiger partial charge in [0.25, 0.3) is 0 Å². The molecule has 7 nitrogen and oxygen atoms in total. The van der Waals surface area contributed by atoms with Gasteiger partial charge in [-0.1, -0.05) is 36.4 Å². The fourth-order valence-electron chi connectivity index (χ4n) is 4.14. The molecule has 1 fully saturated rings. The molecule has 1 aromatic rings. The van der Waals surface area contributed by atoms with Crippen molar-refractivity contribution in [1.29, 1.82) is 0 Å². The predicted molar refractivity (Wildman–Crippen MR) is 111 cm³/mol. The Morgan fingerprint density at radius 2 is 2.03 bits per heavy atom. The number of carbonyl (C=O) groups is 3. The molecule has 1 aliphatic carbocycles. The summed E-state index contributed by atoms with van der Waals surface area (Å²) in [4.78, 5) is 38.4. The summed E-state index contributed by atoms with van der Waals surface area (Å²) in [7, 11) is 1.61. The minimum absolute atomic E-state index is 0.212. The van der Waals surface area contributed by atoms with Gasteiger partial charge in [-0.25, -0.2) is 14.5 Å². The van der Waals surface area contributed by atoms with Gasteiger partial charge in [0.15, 0.2) is 6.04 Å². The Kier molecular flexibility index (Phi) is 6.29. The van der Waals surface area contributed by atoms with Gasteiger partial charge in [0.2, 0.25) is 5.91 Å². The van der Waals surface area contributed by atoms with Gasteiger partial charge < -0.3 is 15.2 Å². The van der Waals surface area contributed by atoms with Gasteiger partial charge >= 0.3 is 12.0 Å². The van der Waals surface area contributed by atoms with E-state index in [2.05, 4.69) is 5.32 Å². The molecule has 3 rings (SSSR count). The monoisotopic (exact) mass is 412 g/mol. The van der Waals surface area contributed by atoms with Crippen molar-refractivity contribution in [1.82, 2.24) is 10.2 Å². The molecule has 0 aromatic heterocycles. The smallest absolute Gasteiger partial charge is 0.328 e. The average Bonchev–Trinajstić information content (AvgIpc) is 2.75. The lowest BCUT2D eigenvalue weighted by Crippen LogP contribution is -2.73. The standard InChI is InChI=1S/C23H28N2O5/c1-15(17-7-5-4-6-8-17)24-22(29)25-19(20(26)27)23(2,21(25)28)14-13-16-9-11-18(30-3)12-10-16/h4-9,11-12,15-16,19H,10,13-14H2,1-3H3,(H,24,29)(H,26,27)/t15-,16?,19-,23-/m1/s1. The predicted octanol–water partition coefficient (Wildman–Crippen LogP) is 3.65. The number of nitrogens with zero attached hydrogens (tertiary/aromatic N) is 1. The van der Waals surface area contributed by atoms with E-state index in [0.717, 1.165) is 22.6 Å². The van der Waals surface area contributed by atoms with Crippen LogP contribution in [0.3, 0.4) is 0 Å². The minimum Gasteiger partial charge on any atom is -0.497 e. The number of allylic oxidation sites excluding steroid dienone is 3. The van der Waals surface area contributed by atoms with Crippen molar-refractivity contribution >= 4 is 17.9 Å². The van der Waals surface area contributed by atoms with Crippen LogP contribution in [0.25, 0.3) is 0 Å². The molecule has 1 saturated heterocycles. The summed E-state index contributed by atoms with van der Waals surface area (Å²) in [6.07, 6.45) is 7.72. The van der Waals surface area contributed by atoms with E-state index in [4.69, 9.17) is 4.74 Å². The van der Waals surface area contributed by atoms with E-state index in [1.165, 1.54) is 0 Å². The summed E-state index contributed by atoms with van der Waals surface area (Å²) in [6.45, 7) is 3.44. The van der Waals surface area contributed by atoms with Crippen molar-refractivity contribution in [3.05, 3.63) is 59.9 Å². The van der Waals surface area contributed by atoms with Crippen molar-refractivity contribution in [2.75, 3.05) is 7.11 Å². The molecule has 1 aromatic carbocycles. The van der Waals surface area contributed by atoms with Crippen LogP contribution in [-0.2, 0) is 14.3 Å². The molecule has 7 heteroatoms. The summed E-state index contributed by atoms with van der Waals surface area (Å²) in [6, 6.07) is 7.11. The largest absolute Gasteiger partial charge is 0.497 e. The number of likely N-dealkylation sites (tertiary alicyclic amines) is 1. The SMILES string of the molecule is COC1=CCC(CC[C@@]2(C)C(=O)N(C(=O)N[C@H](C)c3ccccc3)[C@@H]2C(=O)O)C=C1. The van der Waals surface area contributed by atoms with Crippen LogP contribution < -0.4 is 5.32 Å². The van der Waals surface area contributed by atoms with E-state index in [-0.39, 0.29) is 12.0 Å². The van der Waals surface area contributed by atoms with Crippen molar-refractivity contribution in [2.45, 2.75) is 45.2 Å². The van der Waals surface area contributed by atoms with Crippen LogP contribution in [0.5, 0.6) is 0 Å². The quantitative estimate of drug-likeness (QED) is 0.667. The summed E-state index contributed by atoms with van der Waals surface area (Å²) >= 11 is 0. The summed E-state index contributed by atoms with van der Waals surface area (Å²) in [5, 5.41) is 12.5. The number of methoxy groups -OCH3 is 1. The molecule has 3 amide bonds. The number of ether oxygens (including phenoxy) is 1. The number of carboxylic acid groups (broad SMARTS) is 1. The third kappa shape index (κ3) is 4.10. The van der Waals surface area contributed by atoms with E-state index < -0.39 is 29.4 Å². The number of nitrogens with one attached hydrogen (secondary N) is 1. The Hall–Kier alpha value is -3.09. The van der Waals surface area contributed by atoms with E-state index in [9.17, 15) is 19.5 Å². The van der Waals surface area contributed by atoms with Gasteiger partial charge in [0.1, 0.15) is 5.76 Å². The zero-order chi connectivity index (χ0) is 21.9. The second kappa shape index (κ2) is 8.73. The lowest BCUT2D eigenvalue weighted by Gasteiger charge is -2.51. The molecular formula is C23H28N2O5. The van der Waals surface area contributed by atoms with Gasteiger partial charge in [-0.3, -0.25) is 4.79 Å². The average molecular weight is 412 g/mol. The molecule has 1 heterocycles. The van der Waals surface area contributed by atoms with Gasteiger partial charge in [-0.2, -0.15) is 0 Å². The van der Waals surface area contributed by atoms with Crippen molar-refractivity contribution in [2.24, 2.45) is 11.3 Å². The first-order chi connectivity index (χ1) is 14.3. The Bertz CT molecular complexity index is 879.